The van der Waals surface area contributed by atoms with Gasteiger partial charge in [-0.2, -0.15) is 0 Å². The summed E-state index contributed by atoms with van der Waals surface area (Å²) in [6, 6.07) is 0. The number of halogens is 1. The fourth-order valence-electron chi connectivity index (χ4n) is 1.90. The lowest BCUT2D eigenvalue weighted by Gasteiger charge is -2.30. The Morgan fingerprint density at radius 3 is 2.87 bits per heavy atom. The Morgan fingerprint density at radius 1 is 1.53 bits per heavy atom. The molecule has 1 aliphatic heterocycles. The van der Waals surface area contributed by atoms with Gasteiger partial charge in [0, 0.05) is 17.2 Å². The van der Waals surface area contributed by atoms with Gasteiger partial charge in [-0.05, 0) is 31.8 Å². The summed E-state index contributed by atoms with van der Waals surface area (Å²) in [5, 5.41) is 0. The van der Waals surface area contributed by atoms with Crippen molar-refractivity contribution >= 4 is 19.7 Å². The molecular weight excluding hydrogens is 234 g/mol. The highest BCUT2D eigenvalue weighted by molar-refractivity contribution is 8.13. The molecule has 0 spiro atoms. The van der Waals surface area contributed by atoms with Crippen LogP contribution in [0.5, 0.6) is 0 Å². The Labute approximate surface area is 96.5 Å². The van der Waals surface area contributed by atoms with Crippen molar-refractivity contribution in [2.75, 3.05) is 25.4 Å². The second-order valence-electron chi connectivity index (χ2n) is 3.93. The third-order valence-electron chi connectivity index (χ3n) is 2.69. The van der Waals surface area contributed by atoms with Gasteiger partial charge in [-0.15, -0.1) is 0 Å². The molecule has 5 heteroatoms. The summed E-state index contributed by atoms with van der Waals surface area (Å²) in [7, 11) is 1.75. The fourth-order valence-corrected chi connectivity index (χ4v) is 2.46. The molecule has 0 amide bonds. The summed E-state index contributed by atoms with van der Waals surface area (Å²) in [5.74, 6) is 0.425. The van der Waals surface area contributed by atoms with Crippen LogP contribution in [-0.4, -0.2) is 38.7 Å². The van der Waals surface area contributed by atoms with E-state index in [-0.39, 0.29) is 5.75 Å². The monoisotopic (exact) mass is 251 g/mol. The van der Waals surface area contributed by atoms with E-state index < -0.39 is 9.05 Å². The molecule has 1 saturated heterocycles. The quantitative estimate of drug-likeness (QED) is 0.565. The molecule has 0 aliphatic carbocycles. The van der Waals surface area contributed by atoms with Crippen LogP contribution in [0.2, 0.25) is 0 Å². The van der Waals surface area contributed by atoms with Crippen LogP contribution < -0.4 is 0 Å². The van der Waals surface area contributed by atoms with E-state index in [2.05, 4.69) is 11.8 Å². The van der Waals surface area contributed by atoms with E-state index in [9.17, 15) is 8.42 Å². The Balaban J connectivity index is 2.38. The molecular formula is C10H18ClNO2S. The third-order valence-corrected chi connectivity index (χ3v) is 3.66. The maximum atomic E-state index is 10.7. The normalized spacial score (nSPS) is 24.8. The largest absolute Gasteiger partial charge is 0.303 e. The molecule has 1 rings (SSSR count). The second-order valence-corrected chi connectivity index (χ2v) is 6.75. The van der Waals surface area contributed by atoms with Gasteiger partial charge in [0.05, 0.1) is 5.75 Å². The van der Waals surface area contributed by atoms with Crippen molar-refractivity contribution in [3.8, 4) is 0 Å². The molecule has 0 aromatic carbocycles. The molecule has 1 unspecified atom stereocenters. The molecule has 0 saturated carbocycles. The van der Waals surface area contributed by atoms with Gasteiger partial charge < -0.3 is 4.90 Å². The number of nitrogens with zero attached hydrogens (tertiary/aromatic N) is 1. The molecule has 3 nitrogen and oxygen atoms in total. The summed E-state index contributed by atoms with van der Waals surface area (Å²) in [5.41, 5.74) is 0. The molecule has 0 radical (unpaired) electrons. The van der Waals surface area contributed by atoms with Crippen molar-refractivity contribution in [3.05, 3.63) is 12.2 Å². The van der Waals surface area contributed by atoms with Crippen LogP contribution in [0.1, 0.15) is 19.8 Å². The Hall–Kier alpha value is -0.0600. The minimum atomic E-state index is -3.37. The summed E-state index contributed by atoms with van der Waals surface area (Å²) in [6.45, 7) is 5.41. The van der Waals surface area contributed by atoms with Crippen molar-refractivity contribution in [3.63, 3.8) is 0 Å². The van der Waals surface area contributed by atoms with Crippen molar-refractivity contribution in [1.29, 1.82) is 0 Å². The van der Waals surface area contributed by atoms with Gasteiger partial charge in [-0.3, -0.25) is 0 Å². The Bertz CT molecular complexity index is 313. The molecule has 0 bridgehead atoms. The molecule has 0 aromatic rings. The standard InChI is InChI=1S/C10H18ClNO2S/c1-2-12-7-3-5-10(9-12)6-4-8-15(11,13)14/h4,6,10H,2-3,5,7-9H2,1H3/b6-4-. The lowest BCUT2D eigenvalue weighted by atomic mass is 9.98. The second kappa shape index (κ2) is 5.87. The number of piperidine rings is 1. The predicted molar refractivity (Wildman–Crippen MR) is 63.6 cm³/mol. The topological polar surface area (TPSA) is 37.4 Å². The predicted octanol–water partition coefficient (Wildman–Crippen LogP) is 1.84. The third kappa shape index (κ3) is 5.54. The smallest absolute Gasteiger partial charge is 0.236 e. The summed E-state index contributed by atoms with van der Waals surface area (Å²) < 4.78 is 21.4. The van der Waals surface area contributed by atoms with E-state index in [1.165, 1.54) is 6.42 Å². The minimum absolute atomic E-state index is 0.0584. The zero-order valence-corrected chi connectivity index (χ0v) is 10.6. The van der Waals surface area contributed by atoms with Gasteiger partial charge in [0.25, 0.3) is 0 Å². The minimum Gasteiger partial charge on any atom is -0.303 e. The first-order valence-electron chi connectivity index (χ1n) is 5.32. The van der Waals surface area contributed by atoms with Crippen LogP contribution in [0.3, 0.4) is 0 Å². The first-order valence-corrected chi connectivity index (χ1v) is 7.80. The summed E-state index contributed by atoms with van der Waals surface area (Å²) in [4.78, 5) is 2.38. The molecule has 15 heavy (non-hydrogen) atoms. The molecule has 0 aromatic heterocycles. The van der Waals surface area contributed by atoms with E-state index in [0.29, 0.717) is 5.92 Å². The summed E-state index contributed by atoms with van der Waals surface area (Å²) >= 11 is 0. The molecule has 88 valence electrons. The van der Waals surface area contributed by atoms with Gasteiger partial charge in [-0.25, -0.2) is 8.42 Å². The Morgan fingerprint density at radius 2 is 2.27 bits per heavy atom. The Kier molecular flexibility index (Phi) is 5.09. The van der Waals surface area contributed by atoms with Crippen LogP contribution in [0.15, 0.2) is 12.2 Å². The maximum absolute atomic E-state index is 10.7. The zero-order valence-electron chi connectivity index (χ0n) is 9.02. The zero-order chi connectivity index (χ0) is 11.3. The van der Waals surface area contributed by atoms with Gasteiger partial charge in [0.15, 0.2) is 0 Å². The SMILES string of the molecule is CCN1CCCC(/C=C\CS(=O)(=O)Cl)C1. The van der Waals surface area contributed by atoms with Crippen LogP contribution in [-0.2, 0) is 9.05 Å². The molecule has 0 N–H and O–H groups in total. The van der Waals surface area contributed by atoms with Crippen molar-refractivity contribution in [2.45, 2.75) is 19.8 Å². The van der Waals surface area contributed by atoms with Crippen LogP contribution in [0, 0.1) is 5.92 Å². The molecule has 1 fully saturated rings. The van der Waals surface area contributed by atoms with E-state index >= 15 is 0 Å². The first kappa shape index (κ1) is 13.0. The average molecular weight is 252 g/mol. The van der Waals surface area contributed by atoms with Crippen molar-refractivity contribution in [1.82, 2.24) is 4.90 Å². The molecule has 1 heterocycles. The van der Waals surface area contributed by atoms with E-state index in [1.54, 1.807) is 6.08 Å². The number of likely N-dealkylation sites (tertiary alicyclic amines) is 1. The number of hydrogen-bond donors (Lipinski definition) is 0. The van der Waals surface area contributed by atoms with Gasteiger partial charge in [0.1, 0.15) is 0 Å². The van der Waals surface area contributed by atoms with Crippen molar-refractivity contribution in [2.24, 2.45) is 5.92 Å². The first-order chi connectivity index (χ1) is 7.01. The van der Waals surface area contributed by atoms with Crippen LogP contribution in [0.25, 0.3) is 0 Å². The lowest BCUT2D eigenvalue weighted by Crippen LogP contribution is -2.34. The van der Waals surface area contributed by atoms with Gasteiger partial charge >= 0.3 is 0 Å². The molecule has 1 atom stereocenters. The van der Waals surface area contributed by atoms with E-state index in [0.717, 1.165) is 26.1 Å². The maximum Gasteiger partial charge on any atom is 0.236 e. The fraction of sp³-hybridized carbons (Fsp3) is 0.800. The molecule has 1 aliphatic rings. The van der Waals surface area contributed by atoms with Gasteiger partial charge in [-0.1, -0.05) is 19.1 Å². The van der Waals surface area contributed by atoms with Crippen molar-refractivity contribution < 1.29 is 8.42 Å². The van der Waals surface area contributed by atoms with Crippen LogP contribution in [0.4, 0.5) is 0 Å². The number of rotatable bonds is 4. The van der Waals surface area contributed by atoms with E-state index in [1.807, 2.05) is 6.08 Å². The summed E-state index contributed by atoms with van der Waals surface area (Å²) in [6.07, 6.45) is 6.00. The number of hydrogen-bond acceptors (Lipinski definition) is 3. The highest BCUT2D eigenvalue weighted by Gasteiger charge is 2.16. The van der Waals surface area contributed by atoms with E-state index in [4.69, 9.17) is 10.7 Å². The van der Waals surface area contributed by atoms with Gasteiger partial charge in [0.2, 0.25) is 9.05 Å². The highest BCUT2D eigenvalue weighted by atomic mass is 35.7. The van der Waals surface area contributed by atoms with Crippen LogP contribution >= 0.6 is 10.7 Å². The highest BCUT2D eigenvalue weighted by Crippen LogP contribution is 2.17. The average Bonchev–Trinajstić information content (AvgIpc) is 2.16. The lowest BCUT2D eigenvalue weighted by molar-refractivity contribution is 0.206.